The minimum absolute atomic E-state index is 0.189. The summed E-state index contributed by atoms with van der Waals surface area (Å²) in [6, 6.07) is 3.03. The Balaban J connectivity index is 2.13. The van der Waals surface area contributed by atoms with Crippen molar-refractivity contribution in [1.29, 1.82) is 5.26 Å². The van der Waals surface area contributed by atoms with Crippen LogP contribution in [0.2, 0.25) is 0 Å². The molecule has 0 saturated carbocycles. The predicted octanol–water partition coefficient (Wildman–Crippen LogP) is 2.00. The van der Waals surface area contributed by atoms with Crippen LogP contribution >= 0.6 is 0 Å². The third kappa shape index (κ3) is 4.51. The Morgan fingerprint density at radius 1 is 1.44 bits per heavy atom. The van der Waals surface area contributed by atoms with Crippen molar-refractivity contribution in [2.75, 3.05) is 26.7 Å². The van der Waals surface area contributed by atoms with Crippen molar-refractivity contribution in [1.82, 2.24) is 10.2 Å². The maximum atomic E-state index is 8.90. The quantitative estimate of drug-likeness (QED) is 0.725. The molecule has 1 aliphatic rings. The summed E-state index contributed by atoms with van der Waals surface area (Å²) in [5.74, 6) is 0. The first-order chi connectivity index (χ1) is 7.55. The third-order valence-corrected chi connectivity index (χ3v) is 3.53. The molecule has 0 amide bonds. The van der Waals surface area contributed by atoms with E-state index in [0.717, 1.165) is 19.5 Å². The lowest BCUT2D eigenvalue weighted by molar-refractivity contribution is 0.181. The molecule has 0 aromatic carbocycles. The molecule has 1 rings (SSSR count). The molecular formula is C13H25N3. The number of piperidine rings is 1. The number of hydrogen-bond acceptors (Lipinski definition) is 3. The molecule has 0 aromatic rings. The van der Waals surface area contributed by atoms with E-state index in [-0.39, 0.29) is 5.41 Å². The summed E-state index contributed by atoms with van der Waals surface area (Å²) >= 11 is 0. The van der Waals surface area contributed by atoms with Crippen LogP contribution in [0.4, 0.5) is 0 Å². The van der Waals surface area contributed by atoms with E-state index < -0.39 is 0 Å². The van der Waals surface area contributed by atoms with Crippen molar-refractivity contribution < 1.29 is 0 Å². The van der Waals surface area contributed by atoms with E-state index in [4.69, 9.17) is 5.26 Å². The van der Waals surface area contributed by atoms with Crippen LogP contribution in [0.5, 0.6) is 0 Å². The van der Waals surface area contributed by atoms with Crippen LogP contribution in [-0.2, 0) is 0 Å². The van der Waals surface area contributed by atoms with Gasteiger partial charge in [0.1, 0.15) is 0 Å². The Labute approximate surface area is 99.8 Å². The van der Waals surface area contributed by atoms with E-state index in [1.165, 1.54) is 25.8 Å². The molecule has 0 bridgehead atoms. The van der Waals surface area contributed by atoms with Gasteiger partial charge < -0.3 is 10.2 Å². The van der Waals surface area contributed by atoms with E-state index in [9.17, 15) is 0 Å². The van der Waals surface area contributed by atoms with Crippen LogP contribution < -0.4 is 5.32 Å². The average molecular weight is 223 g/mol. The molecule has 1 atom stereocenters. The molecule has 3 heteroatoms. The first kappa shape index (κ1) is 13.5. The van der Waals surface area contributed by atoms with Crippen LogP contribution in [0, 0.1) is 16.7 Å². The molecule has 1 unspecified atom stereocenters. The average Bonchev–Trinajstić information content (AvgIpc) is 2.27. The summed E-state index contributed by atoms with van der Waals surface area (Å²) in [6.07, 6.45) is 4.94. The van der Waals surface area contributed by atoms with Gasteiger partial charge in [0.15, 0.2) is 0 Å². The molecule has 16 heavy (non-hydrogen) atoms. The Bertz CT molecular complexity index is 242. The molecule has 0 aliphatic carbocycles. The maximum absolute atomic E-state index is 8.90. The zero-order chi connectivity index (χ0) is 12.0. The molecule has 92 valence electrons. The summed E-state index contributed by atoms with van der Waals surface area (Å²) in [7, 11) is 2.21. The lowest BCUT2D eigenvalue weighted by atomic mass is 9.91. The Morgan fingerprint density at radius 2 is 2.19 bits per heavy atom. The smallest absolute Gasteiger partial charge is 0.0684 e. The van der Waals surface area contributed by atoms with Crippen molar-refractivity contribution in [3.8, 4) is 6.07 Å². The molecule has 1 aliphatic heterocycles. The van der Waals surface area contributed by atoms with Crippen LogP contribution in [0.1, 0.15) is 39.5 Å². The monoisotopic (exact) mass is 223 g/mol. The number of nitrogens with zero attached hydrogens (tertiary/aromatic N) is 2. The van der Waals surface area contributed by atoms with E-state index in [0.29, 0.717) is 6.04 Å². The fourth-order valence-electron chi connectivity index (χ4n) is 2.13. The van der Waals surface area contributed by atoms with Crippen LogP contribution in [0.3, 0.4) is 0 Å². The van der Waals surface area contributed by atoms with Crippen molar-refractivity contribution in [2.45, 2.75) is 45.6 Å². The van der Waals surface area contributed by atoms with E-state index in [1.54, 1.807) is 0 Å². The number of likely N-dealkylation sites (N-methyl/N-ethyl adjacent to an activating group) is 1. The molecule has 0 spiro atoms. The maximum Gasteiger partial charge on any atom is 0.0684 e. The number of likely N-dealkylation sites (tertiary alicyclic amines) is 1. The molecule has 1 heterocycles. The second-order valence-corrected chi connectivity index (χ2v) is 5.58. The Hall–Kier alpha value is -0.590. The SMILES string of the molecule is CN1CCCCC1CNCCC(C)(C)C#N. The molecule has 0 aromatic heterocycles. The summed E-state index contributed by atoms with van der Waals surface area (Å²) in [6.45, 7) is 7.25. The highest BCUT2D eigenvalue weighted by Gasteiger charge is 2.19. The highest BCUT2D eigenvalue weighted by molar-refractivity contribution is 4.92. The molecule has 0 radical (unpaired) electrons. The first-order valence-electron chi connectivity index (χ1n) is 6.37. The number of hydrogen-bond donors (Lipinski definition) is 1. The zero-order valence-corrected chi connectivity index (χ0v) is 10.9. The highest BCUT2D eigenvalue weighted by atomic mass is 15.2. The largest absolute Gasteiger partial charge is 0.315 e. The van der Waals surface area contributed by atoms with Gasteiger partial charge in [0, 0.05) is 12.6 Å². The van der Waals surface area contributed by atoms with Crippen molar-refractivity contribution in [3.63, 3.8) is 0 Å². The van der Waals surface area contributed by atoms with Gasteiger partial charge in [-0.2, -0.15) is 5.26 Å². The number of nitriles is 1. The minimum Gasteiger partial charge on any atom is -0.315 e. The molecule has 3 nitrogen and oxygen atoms in total. The van der Waals surface area contributed by atoms with Crippen LogP contribution in [-0.4, -0.2) is 37.6 Å². The highest BCUT2D eigenvalue weighted by Crippen LogP contribution is 2.17. The van der Waals surface area contributed by atoms with Gasteiger partial charge in [-0.25, -0.2) is 0 Å². The second-order valence-electron chi connectivity index (χ2n) is 5.58. The van der Waals surface area contributed by atoms with Crippen LogP contribution in [0.25, 0.3) is 0 Å². The summed E-state index contributed by atoms with van der Waals surface area (Å²) in [4.78, 5) is 2.45. The minimum atomic E-state index is -0.189. The van der Waals surface area contributed by atoms with Crippen molar-refractivity contribution in [2.24, 2.45) is 5.41 Å². The fraction of sp³-hybridized carbons (Fsp3) is 0.923. The fourth-order valence-corrected chi connectivity index (χ4v) is 2.13. The first-order valence-corrected chi connectivity index (χ1v) is 6.37. The van der Waals surface area contributed by atoms with E-state index in [1.807, 2.05) is 13.8 Å². The Morgan fingerprint density at radius 3 is 2.81 bits per heavy atom. The topological polar surface area (TPSA) is 39.1 Å². The van der Waals surface area contributed by atoms with Crippen LogP contribution in [0.15, 0.2) is 0 Å². The zero-order valence-electron chi connectivity index (χ0n) is 10.9. The van der Waals surface area contributed by atoms with Crippen molar-refractivity contribution >= 4 is 0 Å². The number of nitrogens with one attached hydrogen (secondary N) is 1. The van der Waals surface area contributed by atoms with Gasteiger partial charge in [0.25, 0.3) is 0 Å². The van der Waals surface area contributed by atoms with Crippen molar-refractivity contribution in [3.05, 3.63) is 0 Å². The molecule has 1 fully saturated rings. The van der Waals surface area contributed by atoms with E-state index in [2.05, 4.69) is 23.3 Å². The summed E-state index contributed by atoms with van der Waals surface area (Å²) < 4.78 is 0. The van der Waals surface area contributed by atoms with Gasteiger partial charge in [-0.3, -0.25) is 0 Å². The van der Waals surface area contributed by atoms with E-state index >= 15 is 0 Å². The normalized spacial score (nSPS) is 23.0. The molecule has 1 saturated heterocycles. The van der Waals surface area contributed by atoms with Gasteiger partial charge >= 0.3 is 0 Å². The lowest BCUT2D eigenvalue weighted by Gasteiger charge is -2.32. The van der Waals surface area contributed by atoms with Gasteiger partial charge in [-0.15, -0.1) is 0 Å². The van der Waals surface area contributed by atoms with Gasteiger partial charge in [0.05, 0.1) is 11.5 Å². The third-order valence-electron chi connectivity index (χ3n) is 3.53. The summed E-state index contributed by atoms with van der Waals surface area (Å²) in [5, 5.41) is 12.4. The standard InChI is InChI=1S/C13H25N3/c1-13(2,11-14)7-8-15-10-12-6-4-5-9-16(12)3/h12,15H,4-10H2,1-3H3. The Kier molecular flexibility index (Phi) is 5.24. The van der Waals surface area contributed by atoms with Gasteiger partial charge in [-0.1, -0.05) is 6.42 Å². The lowest BCUT2D eigenvalue weighted by Crippen LogP contribution is -2.43. The number of rotatable bonds is 5. The van der Waals surface area contributed by atoms with Gasteiger partial charge in [-0.05, 0) is 53.2 Å². The van der Waals surface area contributed by atoms with Gasteiger partial charge in [0.2, 0.25) is 0 Å². The summed E-state index contributed by atoms with van der Waals surface area (Å²) in [5.41, 5.74) is -0.189. The molecular weight excluding hydrogens is 198 g/mol. The predicted molar refractivity (Wildman–Crippen MR) is 67.1 cm³/mol. The second kappa shape index (κ2) is 6.22. The molecule has 1 N–H and O–H groups in total.